The third-order valence-electron chi connectivity index (χ3n) is 6.51. The highest BCUT2D eigenvalue weighted by molar-refractivity contribution is 7.13. The maximum Gasteiger partial charge on any atom is 0.246 e. The average Bonchev–Trinajstić information content (AvgIpc) is 3.41. The van der Waals surface area contributed by atoms with Crippen LogP contribution in [0.1, 0.15) is 51.4 Å². The van der Waals surface area contributed by atoms with E-state index in [4.69, 9.17) is 0 Å². The van der Waals surface area contributed by atoms with Crippen LogP contribution in [0.5, 0.6) is 0 Å². The van der Waals surface area contributed by atoms with Gasteiger partial charge in [-0.2, -0.15) is 0 Å². The minimum atomic E-state index is -0.829. The molecule has 1 saturated heterocycles. The molecule has 1 aromatic heterocycles. The number of aliphatic hydroxyl groups is 1. The molecule has 0 saturated carbocycles. The summed E-state index contributed by atoms with van der Waals surface area (Å²) in [6.07, 6.45) is -0.667. The van der Waals surface area contributed by atoms with Crippen molar-refractivity contribution in [1.82, 2.24) is 25.4 Å². The van der Waals surface area contributed by atoms with E-state index < -0.39 is 23.6 Å². The molecule has 2 heterocycles. The SMILES string of the molecule is CC(=O)N[C@H](C(=O)N1C[C@H](O)C[C@H]1C(=O)NC(CN(C)C)c1ccc(-c2scnc2C)cc1)C(C)(C)C. The Morgan fingerprint density at radius 3 is 2.35 bits per heavy atom. The van der Waals surface area contributed by atoms with E-state index in [-0.39, 0.29) is 36.7 Å². The molecular weight excluding hydrogens is 490 g/mol. The van der Waals surface area contributed by atoms with Crippen molar-refractivity contribution in [1.29, 1.82) is 0 Å². The lowest BCUT2D eigenvalue weighted by Crippen LogP contribution is -2.57. The van der Waals surface area contributed by atoms with Crippen LogP contribution in [0.3, 0.4) is 0 Å². The fourth-order valence-corrected chi connectivity index (χ4v) is 5.45. The van der Waals surface area contributed by atoms with Crippen LogP contribution in [0.15, 0.2) is 29.8 Å². The lowest BCUT2D eigenvalue weighted by Gasteiger charge is -2.35. The summed E-state index contributed by atoms with van der Waals surface area (Å²) in [5.74, 6) is -1.01. The second kappa shape index (κ2) is 11.7. The van der Waals surface area contributed by atoms with Crippen molar-refractivity contribution in [3.05, 3.63) is 41.0 Å². The Labute approximate surface area is 223 Å². The summed E-state index contributed by atoms with van der Waals surface area (Å²) in [5, 5.41) is 16.2. The van der Waals surface area contributed by atoms with E-state index in [0.29, 0.717) is 6.54 Å². The normalized spacial score (nSPS) is 19.5. The number of likely N-dealkylation sites (N-methyl/N-ethyl adjacent to an activating group) is 1. The lowest BCUT2D eigenvalue weighted by molar-refractivity contribution is -0.144. The quantitative estimate of drug-likeness (QED) is 0.484. The molecule has 1 aliphatic heterocycles. The van der Waals surface area contributed by atoms with Crippen molar-refractivity contribution in [2.45, 2.75) is 65.3 Å². The molecule has 3 amide bonds. The highest BCUT2D eigenvalue weighted by Crippen LogP contribution is 2.29. The number of β-amino-alcohol motifs (C(OH)–C–C–N with tert-alkyl or cyclic N) is 1. The molecule has 1 unspecified atom stereocenters. The van der Waals surface area contributed by atoms with Crippen LogP contribution < -0.4 is 10.6 Å². The molecule has 2 aromatic rings. The van der Waals surface area contributed by atoms with Gasteiger partial charge in [-0.15, -0.1) is 11.3 Å². The zero-order valence-electron chi connectivity index (χ0n) is 22.7. The Kier molecular flexibility index (Phi) is 9.09. The first kappa shape index (κ1) is 28.7. The molecule has 202 valence electrons. The van der Waals surface area contributed by atoms with Crippen LogP contribution >= 0.6 is 11.3 Å². The number of aromatic nitrogens is 1. The van der Waals surface area contributed by atoms with Crippen molar-refractivity contribution >= 4 is 29.1 Å². The summed E-state index contributed by atoms with van der Waals surface area (Å²) in [5.41, 5.74) is 4.25. The van der Waals surface area contributed by atoms with E-state index in [1.54, 1.807) is 11.3 Å². The first-order valence-electron chi connectivity index (χ1n) is 12.5. The van der Waals surface area contributed by atoms with Crippen LogP contribution in [0.2, 0.25) is 0 Å². The van der Waals surface area contributed by atoms with Crippen LogP contribution in [0.25, 0.3) is 10.4 Å². The largest absolute Gasteiger partial charge is 0.391 e. The van der Waals surface area contributed by atoms with Gasteiger partial charge in [0, 0.05) is 26.4 Å². The summed E-state index contributed by atoms with van der Waals surface area (Å²) in [6, 6.07) is 6.10. The highest BCUT2D eigenvalue weighted by atomic mass is 32.1. The van der Waals surface area contributed by atoms with E-state index in [1.165, 1.54) is 11.8 Å². The Morgan fingerprint density at radius 2 is 1.84 bits per heavy atom. The maximum absolute atomic E-state index is 13.5. The second-order valence-electron chi connectivity index (χ2n) is 11.1. The number of carbonyl (C=O) groups excluding carboxylic acids is 3. The van der Waals surface area contributed by atoms with Crippen molar-refractivity contribution in [3.8, 4) is 10.4 Å². The molecule has 1 aromatic carbocycles. The minimum absolute atomic E-state index is 0.0460. The van der Waals surface area contributed by atoms with Gasteiger partial charge in [-0.25, -0.2) is 4.98 Å². The maximum atomic E-state index is 13.5. The van der Waals surface area contributed by atoms with E-state index in [9.17, 15) is 19.5 Å². The van der Waals surface area contributed by atoms with E-state index >= 15 is 0 Å². The van der Waals surface area contributed by atoms with Gasteiger partial charge in [0.05, 0.1) is 28.2 Å². The Hall–Kier alpha value is -2.82. The molecule has 3 N–H and O–H groups in total. The van der Waals surface area contributed by atoms with E-state index in [1.807, 2.05) is 76.5 Å². The number of rotatable bonds is 8. The molecule has 0 spiro atoms. The van der Waals surface area contributed by atoms with Gasteiger partial charge in [-0.3, -0.25) is 14.4 Å². The van der Waals surface area contributed by atoms with Crippen LogP contribution in [-0.4, -0.2) is 83.0 Å². The first-order valence-corrected chi connectivity index (χ1v) is 13.4. The van der Waals surface area contributed by atoms with Crippen molar-refractivity contribution in [2.75, 3.05) is 27.2 Å². The molecule has 3 rings (SSSR count). The Bertz CT molecular complexity index is 1110. The Balaban J connectivity index is 1.82. The smallest absolute Gasteiger partial charge is 0.246 e. The zero-order valence-corrected chi connectivity index (χ0v) is 23.6. The number of benzene rings is 1. The predicted molar refractivity (Wildman–Crippen MR) is 145 cm³/mol. The van der Waals surface area contributed by atoms with Gasteiger partial charge < -0.3 is 25.5 Å². The van der Waals surface area contributed by atoms with Crippen LogP contribution in [0, 0.1) is 12.3 Å². The predicted octanol–water partition coefficient (Wildman–Crippen LogP) is 2.35. The minimum Gasteiger partial charge on any atom is -0.391 e. The highest BCUT2D eigenvalue weighted by Gasteiger charge is 2.44. The van der Waals surface area contributed by atoms with E-state index in [0.717, 1.165) is 21.7 Å². The van der Waals surface area contributed by atoms with Gasteiger partial charge in [0.25, 0.3) is 0 Å². The first-order chi connectivity index (χ1) is 17.3. The fourth-order valence-electron chi connectivity index (χ4n) is 4.64. The third kappa shape index (κ3) is 7.15. The van der Waals surface area contributed by atoms with Gasteiger partial charge in [0.15, 0.2) is 0 Å². The monoisotopic (exact) mass is 529 g/mol. The Morgan fingerprint density at radius 1 is 1.19 bits per heavy atom. The van der Waals surface area contributed by atoms with Crippen molar-refractivity contribution < 1.29 is 19.5 Å². The van der Waals surface area contributed by atoms with Crippen molar-refractivity contribution in [2.24, 2.45) is 5.41 Å². The van der Waals surface area contributed by atoms with Crippen molar-refractivity contribution in [3.63, 3.8) is 0 Å². The number of carbonyl (C=O) groups is 3. The molecule has 9 nitrogen and oxygen atoms in total. The lowest BCUT2D eigenvalue weighted by atomic mass is 9.85. The van der Waals surface area contributed by atoms with Crippen LogP contribution in [0.4, 0.5) is 0 Å². The number of nitrogens with zero attached hydrogens (tertiary/aromatic N) is 3. The topological polar surface area (TPSA) is 115 Å². The molecule has 1 aliphatic rings. The number of hydrogen-bond donors (Lipinski definition) is 3. The van der Waals surface area contributed by atoms with Gasteiger partial charge in [0.2, 0.25) is 17.7 Å². The third-order valence-corrected chi connectivity index (χ3v) is 7.49. The number of hydrogen-bond acceptors (Lipinski definition) is 7. The van der Waals surface area contributed by atoms with Crippen LogP contribution in [-0.2, 0) is 14.4 Å². The number of aryl methyl sites for hydroxylation is 1. The standard InChI is InChI=1S/C27H39N5O4S/c1-16-23(37-15-28-16)19-10-8-18(9-11-19)21(14-31(6)7)30-25(35)22-12-20(34)13-32(22)26(36)24(27(3,4)5)29-17(2)33/h8-11,15,20-22,24,34H,12-14H2,1-7H3,(H,29,33)(H,30,35)/t20-,21?,22+,24-/m1/s1. The van der Waals surface area contributed by atoms with Gasteiger partial charge >= 0.3 is 0 Å². The number of likely N-dealkylation sites (tertiary alicyclic amines) is 1. The summed E-state index contributed by atoms with van der Waals surface area (Å²) in [4.78, 5) is 47.7. The fraction of sp³-hybridized carbons (Fsp3) is 0.556. The summed E-state index contributed by atoms with van der Waals surface area (Å²) < 4.78 is 0. The van der Waals surface area contributed by atoms with Gasteiger partial charge in [0.1, 0.15) is 12.1 Å². The molecule has 1 fully saturated rings. The average molecular weight is 530 g/mol. The summed E-state index contributed by atoms with van der Waals surface area (Å²) in [6.45, 7) is 9.53. The number of thiazole rings is 1. The summed E-state index contributed by atoms with van der Waals surface area (Å²) in [7, 11) is 3.87. The van der Waals surface area contributed by atoms with Gasteiger partial charge in [-0.1, -0.05) is 45.0 Å². The molecule has 0 bridgehead atoms. The summed E-state index contributed by atoms with van der Waals surface area (Å²) >= 11 is 1.59. The van der Waals surface area contributed by atoms with Gasteiger partial charge in [-0.05, 0) is 37.6 Å². The number of amides is 3. The number of aliphatic hydroxyl groups excluding tert-OH is 1. The molecular formula is C27H39N5O4S. The van der Waals surface area contributed by atoms with E-state index in [2.05, 4.69) is 15.6 Å². The second-order valence-corrected chi connectivity index (χ2v) is 12.0. The number of nitrogens with one attached hydrogen (secondary N) is 2. The molecule has 37 heavy (non-hydrogen) atoms. The zero-order chi connectivity index (χ0) is 27.5. The molecule has 0 aliphatic carbocycles. The molecule has 10 heteroatoms. The molecule has 4 atom stereocenters. The molecule has 0 radical (unpaired) electrons.